The molecule has 1 N–H and O–H groups in total. The van der Waals surface area contributed by atoms with Crippen molar-refractivity contribution in [1.82, 2.24) is 19.3 Å². The number of hydrogen-bond donors (Lipinski definition) is 1. The van der Waals surface area contributed by atoms with Gasteiger partial charge in [-0.2, -0.15) is 5.10 Å². The fourth-order valence-electron chi connectivity index (χ4n) is 3.09. The second-order valence-electron chi connectivity index (χ2n) is 6.70. The predicted octanol–water partition coefficient (Wildman–Crippen LogP) is 3.29. The lowest BCUT2D eigenvalue weighted by molar-refractivity contribution is -0.113. The van der Waals surface area contributed by atoms with Gasteiger partial charge in [0.25, 0.3) is 5.56 Å². The van der Waals surface area contributed by atoms with Gasteiger partial charge in [-0.15, -0.1) is 0 Å². The van der Waals surface area contributed by atoms with Gasteiger partial charge in [-0.05, 0) is 51.8 Å². The van der Waals surface area contributed by atoms with Gasteiger partial charge < -0.3 is 5.32 Å². The molecule has 0 aliphatic heterocycles. The van der Waals surface area contributed by atoms with E-state index in [4.69, 9.17) is 0 Å². The van der Waals surface area contributed by atoms with Gasteiger partial charge >= 0.3 is 0 Å². The molecule has 0 fully saturated rings. The Kier molecular flexibility index (Phi) is 5.88. The van der Waals surface area contributed by atoms with Crippen LogP contribution in [0.3, 0.4) is 0 Å². The molecule has 8 heteroatoms. The first-order valence-electron chi connectivity index (χ1n) is 9.33. The van der Waals surface area contributed by atoms with Gasteiger partial charge in [0.15, 0.2) is 10.7 Å². The maximum Gasteiger partial charge on any atom is 0.280 e. The average Bonchev–Trinajstić information content (AvgIpc) is 2.99. The highest BCUT2D eigenvalue weighted by Crippen LogP contribution is 2.21. The van der Waals surface area contributed by atoms with Crippen LogP contribution in [0.1, 0.15) is 30.7 Å². The standard InChI is InChI=1S/C20H25N5O2S/c1-6-24-19(27)18-17(14(5)23-25(18)7-2)22-20(24)28-11-16(26)21-15-10-12(3)8-9-13(15)4/h8-10H,6-7,11H2,1-5H3,(H,21,26). The highest BCUT2D eigenvalue weighted by Gasteiger charge is 2.18. The number of nitrogens with one attached hydrogen (secondary N) is 1. The Bertz CT molecular complexity index is 1100. The first-order valence-corrected chi connectivity index (χ1v) is 10.3. The van der Waals surface area contributed by atoms with Crippen LogP contribution in [0.5, 0.6) is 0 Å². The Morgan fingerprint density at radius 2 is 1.93 bits per heavy atom. The Morgan fingerprint density at radius 3 is 2.61 bits per heavy atom. The van der Waals surface area contributed by atoms with Crippen molar-refractivity contribution in [3.05, 3.63) is 45.4 Å². The number of thioether (sulfide) groups is 1. The zero-order valence-corrected chi connectivity index (χ0v) is 17.7. The molecule has 0 aliphatic rings. The summed E-state index contributed by atoms with van der Waals surface area (Å²) in [6.07, 6.45) is 0. The van der Waals surface area contributed by atoms with Gasteiger partial charge in [-0.1, -0.05) is 23.9 Å². The Balaban J connectivity index is 1.86. The monoisotopic (exact) mass is 399 g/mol. The third-order valence-corrected chi connectivity index (χ3v) is 5.57. The van der Waals surface area contributed by atoms with Gasteiger partial charge in [-0.25, -0.2) is 4.98 Å². The number of nitrogens with zero attached hydrogens (tertiary/aromatic N) is 4. The zero-order chi connectivity index (χ0) is 20.4. The Hall–Kier alpha value is -2.61. The largest absolute Gasteiger partial charge is 0.325 e. The minimum Gasteiger partial charge on any atom is -0.325 e. The molecule has 2 heterocycles. The van der Waals surface area contributed by atoms with Crippen molar-refractivity contribution >= 4 is 34.4 Å². The molecule has 0 unspecified atom stereocenters. The molecule has 148 valence electrons. The van der Waals surface area contributed by atoms with E-state index in [1.54, 1.807) is 9.25 Å². The minimum absolute atomic E-state index is 0.118. The summed E-state index contributed by atoms with van der Waals surface area (Å²) in [5.41, 5.74) is 4.63. The Morgan fingerprint density at radius 1 is 1.18 bits per heavy atom. The summed E-state index contributed by atoms with van der Waals surface area (Å²) in [4.78, 5) is 30.0. The third-order valence-electron chi connectivity index (χ3n) is 4.60. The van der Waals surface area contributed by atoms with E-state index < -0.39 is 0 Å². The number of amides is 1. The smallest absolute Gasteiger partial charge is 0.280 e. The summed E-state index contributed by atoms with van der Waals surface area (Å²) < 4.78 is 3.29. The second-order valence-corrected chi connectivity index (χ2v) is 7.64. The van der Waals surface area contributed by atoms with Crippen LogP contribution in [0.2, 0.25) is 0 Å². The van der Waals surface area contributed by atoms with Gasteiger partial charge in [0.2, 0.25) is 5.91 Å². The molecule has 0 atom stereocenters. The van der Waals surface area contributed by atoms with E-state index in [-0.39, 0.29) is 17.2 Å². The van der Waals surface area contributed by atoms with Crippen LogP contribution in [0.25, 0.3) is 11.0 Å². The molecule has 0 saturated carbocycles. The number of aryl methyl sites for hydroxylation is 4. The topological polar surface area (TPSA) is 81.8 Å². The zero-order valence-electron chi connectivity index (χ0n) is 16.9. The average molecular weight is 400 g/mol. The fourth-order valence-corrected chi connectivity index (χ4v) is 3.95. The van der Waals surface area contributed by atoms with Crippen molar-refractivity contribution in [1.29, 1.82) is 0 Å². The summed E-state index contributed by atoms with van der Waals surface area (Å²) in [5.74, 6) is 0.0448. The van der Waals surface area contributed by atoms with Crippen molar-refractivity contribution in [3.63, 3.8) is 0 Å². The van der Waals surface area contributed by atoms with E-state index in [0.717, 1.165) is 22.5 Å². The van der Waals surface area contributed by atoms with Crippen LogP contribution in [0, 0.1) is 20.8 Å². The summed E-state index contributed by atoms with van der Waals surface area (Å²) in [6, 6.07) is 5.95. The van der Waals surface area contributed by atoms with Crippen molar-refractivity contribution < 1.29 is 4.79 Å². The molecule has 0 spiro atoms. The van der Waals surface area contributed by atoms with Crippen molar-refractivity contribution in [3.8, 4) is 0 Å². The van der Waals surface area contributed by atoms with Gasteiger partial charge in [0.05, 0.1) is 11.4 Å². The molecule has 1 amide bonds. The number of fused-ring (bicyclic) bond motifs is 1. The molecule has 2 aromatic heterocycles. The first-order chi connectivity index (χ1) is 13.3. The molecule has 3 aromatic rings. The molecule has 0 aliphatic carbocycles. The lowest BCUT2D eigenvalue weighted by Gasteiger charge is -2.12. The maximum atomic E-state index is 12.9. The number of benzene rings is 1. The fraction of sp³-hybridized carbons (Fsp3) is 0.400. The molecule has 28 heavy (non-hydrogen) atoms. The van der Waals surface area contributed by atoms with E-state index in [9.17, 15) is 9.59 Å². The maximum absolute atomic E-state index is 12.9. The molecule has 0 bridgehead atoms. The Labute approximate surface area is 168 Å². The summed E-state index contributed by atoms with van der Waals surface area (Å²) in [6.45, 7) is 10.7. The lowest BCUT2D eigenvalue weighted by atomic mass is 10.1. The lowest BCUT2D eigenvalue weighted by Crippen LogP contribution is -2.25. The van der Waals surface area contributed by atoms with Gasteiger partial charge in [0.1, 0.15) is 5.52 Å². The predicted molar refractivity (Wildman–Crippen MR) is 113 cm³/mol. The van der Waals surface area contributed by atoms with E-state index >= 15 is 0 Å². The van der Waals surface area contributed by atoms with Crippen LogP contribution in [-0.2, 0) is 17.9 Å². The van der Waals surface area contributed by atoms with Crippen LogP contribution >= 0.6 is 11.8 Å². The number of carbonyl (C=O) groups is 1. The number of rotatable bonds is 6. The summed E-state index contributed by atoms with van der Waals surface area (Å²) in [7, 11) is 0. The molecule has 0 saturated heterocycles. The molecular weight excluding hydrogens is 374 g/mol. The normalized spacial score (nSPS) is 11.2. The quantitative estimate of drug-likeness (QED) is 0.508. The van der Waals surface area contributed by atoms with Crippen molar-refractivity contribution in [2.24, 2.45) is 0 Å². The van der Waals surface area contributed by atoms with E-state index in [1.165, 1.54) is 11.8 Å². The SMILES string of the molecule is CCn1c(SCC(=O)Nc2cc(C)ccc2C)nc2c(C)nn(CC)c2c1=O. The molecule has 1 aromatic carbocycles. The number of hydrogen-bond acceptors (Lipinski definition) is 5. The highest BCUT2D eigenvalue weighted by atomic mass is 32.2. The first kappa shape index (κ1) is 20.1. The number of carbonyl (C=O) groups excluding carboxylic acids is 1. The third kappa shape index (κ3) is 3.82. The highest BCUT2D eigenvalue weighted by molar-refractivity contribution is 7.99. The van der Waals surface area contributed by atoms with Crippen LogP contribution < -0.4 is 10.9 Å². The second kappa shape index (κ2) is 8.18. The molecule has 3 rings (SSSR count). The van der Waals surface area contributed by atoms with E-state index in [0.29, 0.717) is 29.3 Å². The van der Waals surface area contributed by atoms with Crippen molar-refractivity contribution in [2.75, 3.05) is 11.1 Å². The van der Waals surface area contributed by atoms with Crippen LogP contribution in [0.4, 0.5) is 5.69 Å². The van der Waals surface area contributed by atoms with Crippen LogP contribution in [0.15, 0.2) is 28.2 Å². The van der Waals surface area contributed by atoms with Crippen LogP contribution in [-0.4, -0.2) is 31.0 Å². The number of aromatic nitrogens is 4. The summed E-state index contributed by atoms with van der Waals surface area (Å²) >= 11 is 1.27. The van der Waals surface area contributed by atoms with Gasteiger partial charge in [0, 0.05) is 18.8 Å². The molecular formula is C20H25N5O2S. The summed E-state index contributed by atoms with van der Waals surface area (Å²) in [5, 5.41) is 7.89. The van der Waals surface area contributed by atoms with Gasteiger partial charge in [-0.3, -0.25) is 18.8 Å². The minimum atomic E-state index is -0.128. The molecule has 7 nitrogen and oxygen atoms in total. The van der Waals surface area contributed by atoms with Crippen molar-refractivity contribution in [2.45, 2.75) is 52.9 Å². The molecule has 0 radical (unpaired) electrons. The van der Waals surface area contributed by atoms with E-state index in [2.05, 4.69) is 15.4 Å². The van der Waals surface area contributed by atoms with E-state index in [1.807, 2.05) is 52.8 Å². The number of anilines is 1.